The van der Waals surface area contributed by atoms with E-state index in [2.05, 4.69) is 0 Å². The van der Waals surface area contributed by atoms with Gasteiger partial charge in [0.2, 0.25) is 0 Å². The van der Waals surface area contributed by atoms with Gasteiger partial charge < -0.3 is 10.2 Å². The molecular weight excluding hydrogens is 258 g/mol. The summed E-state index contributed by atoms with van der Waals surface area (Å²) in [6.07, 6.45) is 0.0121. The number of benzene rings is 1. The van der Waals surface area contributed by atoms with E-state index >= 15 is 0 Å². The van der Waals surface area contributed by atoms with Gasteiger partial charge in [0.15, 0.2) is 0 Å². The fourth-order valence-corrected chi connectivity index (χ4v) is 1.98. The molecule has 20 heavy (non-hydrogen) atoms. The summed E-state index contributed by atoms with van der Waals surface area (Å²) in [6, 6.07) is 7.85. The van der Waals surface area contributed by atoms with Crippen LogP contribution >= 0.6 is 0 Å². The van der Waals surface area contributed by atoms with Crippen molar-refractivity contribution in [2.75, 3.05) is 13.1 Å². The topological polar surface area (TPSA) is 77.8 Å². The first-order valence-electron chi connectivity index (χ1n) is 6.61. The van der Waals surface area contributed by atoms with Crippen LogP contribution in [0.2, 0.25) is 0 Å². The third-order valence-electron chi connectivity index (χ3n) is 3.25. The zero-order valence-electron chi connectivity index (χ0n) is 11.9. The Labute approximate surface area is 118 Å². The SMILES string of the molecule is Cc1ccccc1CN(CCC(=O)O)CC(C)C(=O)O. The van der Waals surface area contributed by atoms with Crippen LogP contribution in [0.4, 0.5) is 0 Å². The van der Waals surface area contributed by atoms with Crippen molar-refractivity contribution >= 4 is 11.9 Å². The number of aryl methyl sites for hydroxylation is 1. The molecule has 1 aromatic rings. The summed E-state index contributed by atoms with van der Waals surface area (Å²) in [5.74, 6) is -2.26. The van der Waals surface area contributed by atoms with E-state index in [4.69, 9.17) is 10.2 Å². The van der Waals surface area contributed by atoms with Crippen molar-refractivity contribution in [1.29, 1.82) is 0 Å². The van der Waals surface area contributed by atoms with Crippen molar-refractivity contribution in [1.82, 2.24) is 4.90 Å². The van der Waals surface area contributed by atoms with Gasteiger partial charge >= 0.3 is 11.9 Å². The highest BCUT2D eigenvalue weighted by atomic mass is 16.4. The Hall–Kier alpha value is -1.88. The third kappa shape index (κ3) is 5.40. The molecule has 5 heteroatoms. The maximum Gasteiger partial charge on any atom is 0.307 e. The Kier molecular flexibility index (Phi) is 6.18. The van der Waals surface area contributed by atoms with Crippen molar-refractivity contribution < 1.29 is 19.8 Å². The molecule has 2 N–H and O–H groups in total. The predicted molar refractivity (Wildman–Crippen MR) is 75.5 cm³/mol. The lowest BCUT2D eigenvalue weighted by Crippen LogP contribution is -2.33. The minimum Gasteiger partial charge on any atom is -0.481 e. The standard InChI is InChI=1S/C15H21NO4/c1-11-5-3-4-6-13(11)10-16(8-7-14(17)18)9-12(2)15(19)20/h3-6,12H,7-10H2,1-2H3,(H,17,18)(H,19,20). The van der Waals surface area contributed by atoms with Gasteiger partial charge in [-0.2, -0.15) is 0 Å². The fraction of sp³-hybridized carbons (Fsp3) is 0.467. The smallest absolute Gasteiger partial charge is 0.307 e. The first-order valence-corrected chi connectivity index (χ1v) is 6.61. The largest absolute Gasteiger partial charge is 0.481 e. The number of carboxylic acid groups (broad SMARTS) is 2. The highest BCUT2D eigenvalue weighted by molar-refractivity contribution is 5.69. The Bertz CT molecular complexity index is 473. The Morgan fingerprint density at radius 2 is 1.90 bits per heavy atom. The summed E-state index contributed by atoms with van der Waals surface area (Å²) >= 11 is 0. The molecule has 0 aromatic heterocycles. The van der Waals surface area contributed by atoms with Crippen LogP contribution in [0.3, 0.4) is 0 Å². The zero-order chi connectivity index (χ0) is 15.1. The number of rotatable bonds is 8. The molecule has 110 valence electrons. The molecule has 0 aliphatic rings. The molecule has 1 atom stereocenters. The average molecular weight is 279 g/mol. The number of hydrogen-bond donors (Lipinski definition) is 2. The van der Waals surface area contributed by atoms with Gasteiger partial charge in [-0.25, -0.2) is 0 Å². The van der Waals surface area contributed by atoms with Crippen molar-refractivity contribution in [3.05, 3.63) is 35.4 Å². The first kappa shape index (κ1) is 16.2. The lowest BCUT2D eigenvalue weighted by atomic mass is 10.1. The number of carbonyl (C=O) groups is 2. The molecule has 0 saturated heterocycles. The summed E-state index contributed by atoms with van der Waals surface area (Å²) < 4.78 is 0. The van der Waals surface area contributed by atoms with Crippen LogP contribution < -0.4 is 0 Å². The number of carboxylic acids is 2. The lowest BCUT2D eigenvalue weighted by Gasteiger charge is -2.24. The highest BCUT2D eigenvalue weighted by Crippen LogP contribution is 2.12. The minimum absolute atomic E-state index is 0.0121. The lowest BCUT2D eigenvalue weighted by molar-refractivity contribution is -0.141. The summed E-state index contributed by atoms with van der Waals surface area (Å²) in [6.45, 7) is 4.88. The number of aliphatic carboxylic acids is 2. The van der Waals surface area contributed by atoms with Crippen LogP contribution in [0.25, 0.3) is 0 Å². The molecule has 0 aliphatic heterocycles. The highest BCUT2D eigenvalue weighted by Gasteiger charge is 2.17. The molecular formula is C15H21NO4. The van der Waals surface area contributed by atoms with Gasteiger partial charge in [-0.3, -0.25) is 14.5 Å². The number of nitrogens with zero attached hydrogens (tertiary/aromatic N) is 1. The Morgan fingerprint density at radius 3 is 2.45 bits per heavy atom. The van der Waals surface area contributed by atoms with Gasteiger partial charge in [-0.1, -0.05) is 31.2 Å². The second kappa shape index (κ2) is 7.65. The molecule has 5 nitrogen and oxygen atoms in total. The van der Waals surface area contributed by atoms with Gasteiger partial charge in [0.05, 0.1) is 12.3 Å². The molecule has 0 aliphatic carbocycles. The quantitative estimate of drug-likeness (QED) is 0.761. The minimum atomic E-state index is -0.872. The van der Waals surface area contributed by atoms with Crippen LogP contribution in [0, 0.1) is 12.8 Å². The van der Waals surface area contributed by atoms with Crippen LogP contribution in [-0.4, -0.2) is 40.1 Å². The zero-order valence-corrected chi connectivity index (χ0v) is 11.9. The fourth-order valence-electron chi connectivity index (χ4n) is 1.98. The molecule has 0 heterocycles. The van der Waals surface area contributed by atoms with E-state index in [1.54, 1.807) is 6.92 Å². The van der Waals surface area contributed by atoms with Crippen LogP contribution in [0.5, 0.6) is 0 Å². The van der Waals surface area contributed by atoms with Gasteiger partial charge in [-0.05, 0) is 18.1 Å². The second-order valence-electron chi connectivity index (χ2n) is 5.04. The van der Waals surface area contributed by atoms with E-state index in [0.717, 1.165) is 11.1 Å². The van der Waals surface area contributed by atoms with Crippen molar-refractivity contribution in [2.45, 2.75) is 26.8 Å². The van der Waals surface area contributed by atoms with Crippen LogP contribution in [-0.2, 0) is 16.1 Å². The Morgan fingerprint density at radius 1 is 1.25 bits per heavy atom. The van der Waals surface area contributed by atoms with E-state index in [1.807, 2.05) is 36.1 Å². The molecule has 1 unspecified atom stereocenters. The van der Waals surface area contributed by atoms with Crippen molar-refractivity contribution in [3.63, 3.8) is 0 Å². The summed E-state index contributed by atoms with van der Waals surface area (Å²) in [4.78, 5) is 23.5. The molecule has 0 saturated carbocycles. The second-order valence-corrected chi connectivity index (χ2v) is 5.04. The maximum atomic E-state index is 10.9. The predicted octanol–water partition coefficient (Wildman–Crippen LogP) is 1.99. The number of hydrogen-bond acceptors (Lipinski definition) is 3. The van der Waals surface area contributed by atoms with Gasteiger partial charge in [0.1, 0.15) is 0 Å². The average Bonchev–Trinajstić information content (AvgIpc) is 2.38. The summed E-state index contributed by atoms with van der Waals surface area (Å²) in [5, 5.41) is 17.8. The normalized spacial score (nSPS) is 12.3. The first-order chi connectivity index (χ1) is 9.40. The molecule has 0 amide bonds. The molecule has 1 rings (SSSR count). The van der Waals surface area contributed by atoms with Gasteiger partial charge in [-0.15, -0.1) is 0 Å². The van der Waals surface area contributed by atoms with E-state index in [-0.39, 0.29) is 6.42 Å². The van der Waals surface area contributed by atoms with E-state index < -0.39 is 17.9 Å². The molecule has 0 fully saturated rings. The van der Waals surface area contributed by atoms with Crippen molar-refractivity contribution in [2.24, 2.45) is 5.92 Å². The van der Waals surface area contributed by atoms with Crippen molar-refractivity contribution in [3.8, 4) is 0 Å². The van der Waals surface area contributed by atoms with Gasteiger partial charge in [0, 0.05) is 19.6 Å². The summed E-state index contributed by atoms with van der Waals surface area (Å²) in [7, 11) is 0. The Balaban J connectivity index is 2.73. The molecule has 0 bridgehead atoms. The van der Waals surface area contributed by atoms with E-state index in [0.29, 0.717) is 19.6 Å². The van der Waals surface area contributed by atoms with E-state index in [9.17, 15) is 9.59 Å². The third-order valence-corrected chi connectivity index (χ3v) is 3.25. The monoisotopic (exact) mass is 279 g/mol. The summed E-state index contributed by atoms with van der Waals surface area (Å²) in [5.41, 5.74) is 2.21. The van der Waals surface area contributed by atoms with Gasteiger partial charge in [0.25, 0.3) is 0 Å². The molecule has 1 aromatic carbocycles. The molecule has 0 spiro atoms. The maximum absolute atomic E-state index is 10.9. The van der Waals surface area contributed by atoms with E-state index in [1.165, 1.54) is 0 Å². The van der Waals surface area contributed by atoms with Crippen LogP contribution in [0.15, 0.2) is 24.3 Å². The van der Waals surface area contributed by atoms with Crippen LogP contribution in [0.1, 0.15) is 24.5 Å². The molecule has 0 radical (unpaired) electrons.